The van der Waals surface area contributed by atoms with Crippen LogP contribution >= 0.6 is 0 Å². The fourth-order valence-corrected chi connectivity index (χ4v) is 1.97. The lowest BCUT2D eigenvalue weighted by molar-refractivity contribution is -0.120. The maximum Gasteiger partial charge on any atom is 0.448 e. The summed E-state index contributed by atoms with van der Waals surface area (Å²) in [6, 6.07) is 13.4. The van der Waals surface area contributed by atoms with Gasteiger partial charge in [-0.3, -0.25) is 4.79 Å². The van der Waals surface area contributed by atoms with Crippen molar-refractivity contribution in [2.45, 2.75) is 19.7 Å². The molecule has 126 valence electrons. The number of hydrogen-bond acceptors (Lipinski definition) is 3. The van der Waals surface area contributed by atoms with Crippen molar-refractivity contribution >= 4 is 5.78 Å². The second kappa shape index (κ2) is 7.21. The molecular formula is C18H15F3O3. The highest BCUT2D eigenvalue weighted by molar-refractivity contribution is 6.04. The van der Waals surface area contributed by atoms with Crippen LogP contribution in [0.1, 0.15) is 21.5 Å². The van der Waals surface area contributed by atoms with E-state index in [0.717, 1.165) is 11.1 Å². The van der Waals surface area contributed by atoms with E-state index in [1.807, 2.05) is 31.2 Å². The van der Waals surface area contributed by atoms with E-state index < -0.39 is 17.7 Å². The topological polar surface area (TPSA) is 46.5 Å². The Kier molecular flexibility index (Phi) is 5.28. The number of aryl methyl sites for hydroxylation is 1. The SMILES string of the molecule is Cc1cccc(COc2ccc(C(=O)C=C(O)C(F)(F)F)cc2)c1. The summed E-state index contributed by atoms with van der Waals surface area (Å²) in [6.45, 7) is 2.30. The standard InChI is InChI=1S/C18H15F3O3/c1-12-3-2-4-13(9-12)11-24-15-7-5-14(6-8-15)16(22)10-17(23)18(19,20)21/h2-10,23H,11H2,1H3. The van der Waals surface area contributed by atoms with Gasteiger partial charge in [0, 0.05) is 11.6 Å². The monoisotopic (exact) mass is 336 g/mol. The zero-order chi connectivity index (χ0) is 17.7. The van der Waals surface area contributed by atoms with Crippen molar-refractivity contribution < 1.29 is 27.8 Å². The van der Waals surface area contributed by atoms with Crippen LogP contribution < -0.4 is 4.74 Å². The summed E-state index contributed by atoms with van der Waals surface area (Å²) in [5.41, 5.74) is 2.11. The fourth-order valence-electron chi connectivity index (χ4n) is 1.97. The molecule has 0 saturated heterocycles. The lowest BCUT2D eigenvalue weighted by Crippen LogP contribution is -2.13. The molecule has 0 radical (unpaired) electrons. The van der Waals surface area contributed by atoms with Crippen LogP contribution in [0.25, 0.3) is 0 Å². The zero-order valence-corrected chi connectivity index (χ0v) is 12.8. The van der Waals surface area contributed by atoms with Crippen molar-refractivity contribution in [3.63, 3.8) is 0 Å². The molecule has 2 aromatic rings. The van der Waals surface area contributed by atoms with Crippen LogP contribution in [-0.4, -0.2) is 17.1 Å². The van der Waals surface area contributed by atoms with Crippen molar-refractivity contribution in [1.29, 1.82) is 0 Å². The number of aliphatic hydroxyl groups is 1. The molecular weight excluding hydrogens is 321 g/mol. The molecule has 3 nitrogen and oxygen atoms in total. The molecule has 0 fully saturated rings. The Morgan fingerprint density at radius 1 is 1.17 bits per heavy atom. The second-order valence-corrected chi connectivity index (χ2v) is 5.19. The van der Waals surface area contributed by atoms with Crippen molar-refractivity contribution in [2.24, 2.45) is 0 Å². The van der Waals surface area contributed by atoms with Crippen LogP contribution in [0.3, 0.4) is 0 Å². The van der Waals surface area contributed by atoms with Crippen molar-refractivity contribution in [2.75, 3.05) is 0 Å². The zero-order valence-electron chi connectivity index (χ0n) is 12.8. The Labute approximate surface area is 137 Å². The van der Waals surface area contributed by atoms with Gasteiger partial charge in [-0.15, -0.1) is 0 Å². The van der Waals surface area contributed by atoms with Gasteiger partial charge >= 0.3 is 6.18 Å². The molecule has 24 heavy (non-hydrogen) atoms. The predicted molar refractivity (Wildman–Crippen MR) is 83.1 cm³/mol. The highest BCUT2D eigenvalue weighted by atomic mass is 19.4. The molecule has 0 spiro atoms. The number of alkyl halides is 3. The first-order chi connectivity index (χ1) is 11.3. The van der Waals surface area contributed by atoms with Crippen molar-refractivity contribution in [1.82, 2.24) is 0 Å². The number of carbonyl (C=O) groups is 1. The molecule has 0 aliphatic heterocycles. The van der Waals surface area contributed by atoms with Crippen LogP contribution in [0, 0.1) is 6.92 Å². The number of ether oxygens (including phenoxy) is 1. The summed E-state index contributed by atoms with van der Waals surface area (Å²) in [6.07, 6.45) is -4.78. The molecule has 0 unspecified atom stereocenters. The molecule has 0 aliphatic rings. The minimum absolute atomic E-state index is 0.0219. The van der Waals surface area contributed by atoms with E-state index in [1.165, 1.54) is 24.3 Å². The van der Waals surface area contributed by atoms with Crippen LogP contribution in [-0.2, 0) is 6.61 Å². The molecule has 0 bridgehead atoms. The molecule has 0 aliphatic carbocycles. The third-order valence-corrected chi connectivity index (χ3v) is 3.19. The molecule has 0 heterocycles. The molecule has 6 heteroatoms. The lowest BCUT2D eigenvalue weighted by Gasteiger charge is -2.08. The second-order valence-electron chi connectivity index (χ2n) is 5.19. The Hall–Kier alpha value is -2.76. The molecule has 0 atom stereocenters. The lowest BCUT2D eigenvalue weighted by atomic mass is 10.1. The molecule has 1 N–H and O–H groups in total. The summed E-state index contributed by atoms with van der Waals surface area (Å²) in [4.78, 5) is 11.7. The molecule has 0 aromatic heterocycles. The van der Waals surface area contributed by atoms with Gasteiger partial charge in [0.05, 0.1) is 0 Å². The first-order valence-electron chi connectivity index (χ1n) is 7.06. The number of halogens is 3. The van der Waals surface area contributed by atoms with Gasteiger partial charge < -0.3 is 9.84 Å². The van der Waals surface area contributed by atoms with Gasteiger partial charge in [-0.1, -0.05) is 29.8 Å². The smallest absolute Gasteiger partial charge is 0.448 e. The number of rotatable bonds is 5. The molecule has 0 saturated carbocycles. The normalized spacial score (nSPS) is 12.1. The average Bonchev–Trinajstić information content (AvgIpc) is 2.52. The van der Waals surface area contributed by atoms with Gasteiger partial charge in [-0.2, -0.15) is 13.2 Å². The third-order valence-electron chi connectivity index (χ3n) is 3.19. The van der Waals surface area contributed by atoms with E-state index >= 15 is 0 Å². The number of benzene rings is 2. The first kappa shape index (κ1) is 17.6. The Bertz CT molecular complexity index is 747. The number of carbonyl (C=O) groups excluding carboxylic acids is 1. The molecule has 2 rings (SSSR count). The van der Waals surface area contributed by atoms with E-state index in [9.17, 15) is 18.0 Å². The summed E-state index contributed by atoms with van der Waals surface area (Å²) >= 11 is 0. The highest BCUT2D eigenvalue weighted by Gasteiger charge is 2.34. The van der Waals surface area contributed by atoms with Crippen LogP contribution in [0.15, 0.2) is 60.4 Å². The minimum atomic E-state index is -4.94. The Balaban J connectivity index is 2.01. The van der Waals surface area contributed by atoms with Gasteiger partial charge in [0.2, 0.25) is 5.76 Å². The van der Waals surface area contributed by atoms with Gasteiger partial charge in [0.15, 0.2) is 5.78 Å². The summed E-state index contributed by atoms with van der Waals surface area (Å²) in [7, 11) is 0. The van der Waals surface area contributed by atoms with Crippen LogP contribution in [0.4, 0.5) is 13.2 Å². The molecule has 0 amide bonds. The van der Waals surface area contributed by atoms with Crippen LogP contribution in [0.5, 0.6) is 5.75 Å². The third kappa shape index (κ3) is 4.87. The van der Waals surface area contributed by atoms with Crippen molar-refractivity contribution in [3.05, 3.63) is 77.1 Å². The van der Waals surface area contributed by atoms with Gasteiger partial charge in [0.1, 0.15) is 12.4 Å². The van der Waals surface area contributed by atoms with Gasteiger partial charge in [-0.05, 0) is 36.8 Å². The summed E-state index contributed by atoms with van der Waals surface area (Å²) in [5.74, 6) is -2.38. The maximum atomic E-state index is 12.2. The Morgan fingerprint density at radius 3 is 2.42 bits per heavy atom. The van der Waals surface area contributed by atoms with Crippen molar-refractivity contribution in [3.8, 4) is 5.75 Å². The number of allylic oxidation sites excluding steroid dienone is 2. The van der Waals surface area contributed by atoms with Gasteiger partial charge in [-0.25, -0.2) is 0 Å². The predicted octanol–water partition coefficient (Wildman–Crippen LogP) is 4.76. The number of hydrogen-bond donors (Lipinski definition) is 1. The highest BCUT2D eigenvalue weighted by Crippen LogP contribution is 2.24. The fraction of sp³-hybridized carbons (Fsp3) is 0.167. The number of aliphatic hydroxyl groups excluding tert-OH is 1. The largest absolute Gasteiger partial charge is 0.504 e. The van der Waals surface area contributed by atoms with E-state index in [1.54, 1.807) is 0 Å². The quantitative estimate of drug-likeness (QED) is 0.486. The minimum Gasteiger partial charge on any atom is -0.504 e. The Morgan fingerprint density at radius 2 is 1.83 bits per heavy atom. The number of ketones is 1. The van der Waals surface area contributed by atoms with E-state index in [0.29, 0.717) is 12.4 Å². The maximum absolute atomic E-state index is 12.2. The van der Waals surface area contributed by atoms with Crippen LogP contribution in [0.2, 0.25) is 0 Å². The van der Waals surface area contributed by atoms with E-state index in [2.05, 4.69) is 0 Å². The van der Waals surface area contributed by atoms with Gasteiger partial charge in [0.25, 0.3) is 0 Å². The summed E-state index contributed by atoms with van der Waals surface area (Å²) in [5, 5.41) is 8.80. The molecule has 2 aromatic carbocycles. The van der Waals surface area contributed by atoms with E-state index in [4.69, 9.17) is 9.84 Å². The van der Waals surface area contributed by atoms with E-state index in [-0.39, 0.29) is 11.6 Å². The summed E-state index contributed by atoms with van der Waals surface area (Å²) < 4.78 is 42.1. The average molecular weight is 336 g/mol. The first-order valence-corrected chi connectivity index (χ1v) is 7.06.